The monoisotopic (exact) mass is 351 g/mol. The van der Waals surface area contributed by atoms with E-state index in [0.29, 0.717) is 32.2 Å². The molecule has 0 spiro atoms. The molecule has 0 aliphatic carbocycles. The molecule has 1 atom stereocenters. The fourth-order valence-corrected chi connectivity index (χ4v) is 1.92. The van der Waals surface area contributed by atoms with Crippen LogP contribution in [0.15, 0.2) is 24.2 Å². The fourth-order valence-electron chi connectivity index (χ4n) is 1.92. The standard InChI is InChI=1S/C14H23N3O4.CH3.K/c1-14(2,3)21-13(18)17-7-8-19-11(9-17)10-20-12-5-4-6-15-16-12;;/h4-6,11,15-16H,7-10H2,1-3H3;1H3;/q;-1;+1. The molecule has 2 heterocycles. The van der Waals surface area contributed by atoms with Crippen molar-refractivity contribution in [1.82, 2.24) is 15.8 Å². The molecule has 1 fully saturated rings. The van der Waals surface area contributed by atoms with Gasteiger partial charge in [0.25, 0.3) is 0 Å². The minimum atomic E-state index is -0.490. The minimum absolute atomic E-state index is 0. The van der Waals surface area contributed by atoms with Gasteiger partial charge in [-0.25, -0.2) is 4.79 Å². The average Bonchev–Trinajstić information content (AvgIpc) is 2.45. The second-order valence-electron chi connectivity index (χ2n) is 5.89. The van der Waals surface area contributed by atoms with Crippen LogP contribution < -0.4 is 62.2 Å². The van der Waals surface area contributed by atoms with E-state index in [1.54, 1.807) is 11.1 Å². The summed E-state index contributed by atoms with van der Waals surface area (Å²) in [6.07, 6.45) is 4.93. The van der Waals surface area contributed by atoms with Crippen molar-refractivity contribution in [1.29, 1.82) is 0 Å². The Balaban J connectivity index is 0.00000242. The summed E-state index contributed by atoms with van der Waals surface area (Å²) in [4.78, 5) is 13.7. The number of amides is 1. The summed E-state index contributed by atoms with van der Waals surface area (Å²) in [5.74, 6) is 0.621. The average molecular weight is 351 g/mol. The Kier molecular flexibility index (Phi) is 10.5. The summed E-state index contributed by atoms with van der Waals surface area (Å²) in [6, 6.07) is 0. The predicted octanol–water partition coefficient (Wildman–Crippen LogP) is -1.44. The van der Waals surface area contributed by atoms with Crippen molar-refractivity contribution in [3.63, 3.8) is 0 Å². The summed E-state index contributed by atoms with van der Waals surface area (Å²) in [5.41, 5.74) is 5.20. The Morgan fingerprint density at radius 3 is 2.83 bits per heavy atom. The van der Waals surface area contributed by atoms with Crippen LogP contribution in [0, 0.1) is 7.43 Å². The Labute approximate surface area is 181 Å². The van der Waals surface area contributed by atoms with Crippen molar-refractivity contribution < 1.29 is 70.4 Å². The molecule has 0 aromatic heterocycles. The van der Waals surface area contributed by atoms with E-state index in [4.69, 9.17) is 14.2 Å². The Hall–Kier alpha value is -0.254. The van der Waals surface area contributed by atoms with Gasteiger partial charge in [0.2, 0.25) is 5.88 Å². The van der Waals surface area contributed by atoms with E-state index >= 15 is 0 Å². The van der Waals surface area contributed by atoms with Gasteiger partial charge < -0.3 is 32.0 Å². The molecule has 126 valence electrons. The number of ether oxygens (including phenoxy) is 3. The molecular weight excluding hydrogens is 325 g/mol. The second kappa shape index (κ2) is 10.6. The van der Waals surface area contributed by atoms with Gasteiger partial charge in [0.15, 0.2) is 0 Å². The predicted molar refractivity (Wildman–Crippen MR) is 83.4 cm³/mol. The number of hydrazine groups is 1. The van der Waals surface area contributed by atoms with Crippen LogP contribution in [0.4, 0.5) is 4.79 Å². The van der Waals surface area contributed by atoms with Crippen LogP contribution >= 0.6 is 0 Å². The van der Waals surface area contributed by atoms with E-state index in [-0.39, 0.29) is 71.0 Å². The second-order valence-corrected chi connectivity index (χ2v) is 5.89. The van der Waals surface area contributed by atoms with E-state index in [0.717, 1.165) is 0 Å². The zero-order chi connectivity index (χ0) is 15.3. The van der Waals surface area contributed by atoms with Gasteiger partial charge in [0, 0.05) is 18.8 Å². The van der Waals surface area contributed by atoms with Crippen LogP contribution in [0.1, 0.15) is 20.8 Å². The van der Waals surface area contributed by atoms with E-state index in [1.807, 2.05) is 32.9 Å². The van der Waals surface area contributed by atoms with Crippen molar-refractivity contribution >= 4 is 6.09 Å². The first-order valence-electron chi connectivity index (χ1n) is 7.05. The normalized spacial score (nSPS) is 20.0. The van der Waals surface area contributed by atoms with Crippen LogP contribution in [0.5, 0.6) is 0 Å². The molecule has 0 aromatic rings. The molecule has 0 radical (unpaired) electrons. The first kappa shape index (κ1) is 22.7. The number of hydrogen-bond donors (Lipinski definition) is 2. The van der Waals surface area contributed by atoms with E-state index in [1.165, 1.54) is 0 Å². The van der Waals surface area contributed by atoms with Crippen LogP contribution in [0.25, 0.3) is 0 Å². The van der Waals surface area contributed by atoms with E-state index in [9.17, 15) is 4.79 Å². The van der Waals surface area contributed by atoms with Gasteiger partial charge in [-0.1, -0.05) is 0 Å². The van der Waals surface area contributed by atoms with Gasteiger partial charge in [0.05, 0.1) is 13.2 Å². The molecule has 1 amide bonds. The maximum absolute atomic E-state index is 12.0. The molecule has 2 N–H and O–H groups in total. The van der Waals surface area contributed by atoms with Crippen LogP contribution in [0.2, 0.25) is 0 Å². The summed E-state index contributed by atoms with van der Waals surface area (Å²) in [5, 5.41) is 0. The topological polar surface area (TPSA) is 72.1 Å². The maximum atomic E-state index is 12.0. The van der Waals surface area contributed by atoms with Crippen LogP contribution in [0.3, 0.4) is 0 Å². The number of rotatable bonds is 3. The number of carbonyl (C=O) groups excluding carboxylic acids is 1. The van der Waals surface area contributed by atoms with Gasteiger partial charge in [-0.15, -0.1) is 0 Å². The molecule has 7 nitrogen and oxygen atoms in total. The summed E-state index contributed by atoms with van der Waals surface area (Å²) < 4.78 is 16.6. The molecule has 2 aliphatic heterocycles. The molecule has 0 saturated carbocycles. The third-order valence-electron chi connectivity index (χ3n) is 2.84. The van der Waals surface area contributed by atoms with E-state index < -0.39 is 5.60 Å². The Morgan fingerprint density at radius 1 is 1.48 bits per heavy atom. The van der Waals surface area contributed by atoms with Gasteiger partial charge in [0.1, 0.15) is 18.3 Å². The molecule has 0 bridgehead atoms. The number of morpholine rings is 1. The van der Waals surface area contributed by atoms with Crippen molar-refractivity contribution in [2.45, 2.75) is 32.5 Å². The Morgan fingerprint density at radius 2 is 2.22 bits per heavy atom. The van der Waals surface area contributed by atoms with Crippen molar-refractivity contribution in [3.05, 3.63) is 31.7 Å². The number of carbonyl (C=O) groups is 1. The summed E-state index contributed by atoms with van der Waals surface area (Å²) >= 11 is 0. The molecule has 0 aromatic carbocycles. The molecule has 8 heteroatoms. The van der Waals surface area contributed by atoms with Gasteiger partial charge in [-0.3, -0.25) is 5.43 Å². The largest absolute Gasteiger partial charge is 1.00 e. The number of nitrogens with zero attached hydrogens (tertiary/aromatic N) is 1. The Bertz CT molecular complexity index is 435. The number of allylic oxidation sites excluding steroid dienone is 2. The first-order chi connectivity index (χ1) is 9.94. The van der Waals surface area contributed by atoms with Gasteiger partial charge in [-0.2, -0.15) is 0 Å². The number of hydrogen-bond acceptors (Lipinski definition) is 6. The third-order valence-corrected chi connectivity index (χ3v) is 2.84. The van der Waals surface area contributed by atoms with Crippen molar-refractivity contribution in [3.8, 4) is 0 Å². The zero-order valence-corrected chi connectivity index (χ0v) is 17.8. The quantitative estimate of drug-likeness (QED) is 0.479. The molecule has 2 aliphatic rings. The van der Waals surface area contributed by atoms with Gasteiger partial charge in [-0.05, 0) is 26.8 Å². The number of nitrogens with one attached hydrogen (secondary N) is 2. The van der Waals surface area contributed by atoms with E-state index in [2.05, 4.69) is 10.9 Å². The fraction of sp³-hybridized carbons (Fsp3) is 0.600. The maximum Gasteiger partial charge on any atom is 1.00 e. The summed E-state index contributed by atoms with van der Waals surface area (Å²) in [6.45, 7) is 7.42. The first-order valence-corrected chi connectivity index (χ1v) is 7.05. The minimum Gasteiger partial charge on any atom is -0.475 e. The molecule has 1 unspecified atom stereocenters. The smallest absolute Gasteiger partial charge is 0.475 e. The zero-order valence-electron chi connectivity index (χ0n) is 14.7. The third kappa shape index (κ3) is 8.41. The van der Waals surface area contributed by atoms with Crippen molar-refractivity contribution in [2.24, 2.45) is 0 Å². The van der Waals surface area contributed by atoms with Crippen molar-refractivity contribution in [2.75, 3.05) is 26.3 Å². The molecule has 23 heavy (non-hydrogen) atoms. The van der Waals surface area contributed by atoms with Crippen LogP contribution in [-0.2, 0) is 14.2 Å². The molecule has 2 rings (SSSR count). The molecule has 1 saturated heterocycles. The molecular formula is C15H26KN3O4. The summed E-state index contributed by atoms with van der Waals surface area (Å²) in [7, 11) is 0. The van der Waals surface area contributed by atoms with Crippen LogP contribution in [-0.4, -0.2) is 49.0 Å². The SMILES string of the molecule is CC(C)(C)OC(=O)N1CCOC(COC2=CC=CNN2)C1.[CH3-].[K+]. The van der Waals surface area contributed by atoms with Gasteiger partial charge >= 0.3 is 57.5 Å².